The normalized spacial score (nSPS) is 12.2. The summed E-state index contributed by atoms with van der Waals surface area (Å²) in [5.41, 5.74) is 6.70. The Morgan fingerprint density at radius 3 is 2.73 bits per heavy atom. The Labute approximate surface area is 89.4 Å². The standard InChI is InChI=1S/C11H16N2O2/c1-7(13-2)11(14)9-6-8(15-3)4-5-10(9)12/h4-7,13H,12H2,1-3H3. The topological polar surface area (TPSA) is 64.3 Å². The van der Waals surface area contributed by atoms with Crippen LogP contribution in [-0.2, 0) is 0 Å². The van der Waals surface area contributed by atoms with Gasteiger partial charge < -0.3 is 15.8 Å². The van der Waals surface area contributed by atoms with Gasteiger partial charge in [0.05, 0.1) is 13.2 Å². The summed E-state index contributed by atoms with van der Waals surface area (Å²) in [5, 5.41) is 2.88. The number of Topliss-reactive ketones (excluding diaryl/α,β-unsaturated/α-hetero) is 1. The molecule has 0 aliphatic carbocycles. The maximum absolute atomic E-state index is 11.9. The maximum atomic E-state index is 11.9. The SMILES string of the molecule is CNC(C)C(=O)c1cc(OC)ccc1N. The molecule has 82 valence electrons. The first-order valence-corrected chi connectivity index (χ1v) is 4.75. The lowest BCUT2D eigenvalue weighted by Gasteiger charge is -2.12. The van der Waals surface area contributed by atoms with E-state index in [9.17, 15) is 4.79 Å². The zero-order valence-electron chi connectivity index (χ0n) is 9.20. The van der Waals surface area contributed by atoms with E-state index in [1.54, 1.807) is 39.3 Å². The highest BCUT2D eigenvalue weighted by Gasteiger charge is 2.16. The van der Waals surface area contributed by atoms with Gasteiger partial charge in [-0.1, -0.05) is 0 Å². The molecular weight excluding hydrogens is 192 g/mol. The number of hydrogen-bond donors (Lipinski definition) is 2. The number of benzene rings is 1. The minimum absolute atomic E-state index is 0.0334. The quantitative estimate of drug-likeness (QED) is 0.574. The first-order chi connectivity index (χ1) is 7.10. The number of nitrogen functional groups attached to an aromatic ring is 1. The van der Waals surface area contributed by atoms with Gasteiger partial charge in [0.25, 0.3) is 0 Å². The molecule has 1 atom stereocenters. The predicted molar refractivity (Wildman–Crippen MR) is 60.3 cm³/mol. The Bertz CT molecular complexity index is 364. The Morgan fingerprint density at radius 1 is 1.53 bits per heavy atom. The van der Waals surface area contributed by atoms with Crippen LogP contribution >= 0.6 is 0 Å². The molecule has 1 rings (SSSR count). The lowest BCUT2D eigenvalue weighted by molar-refractivity contribution is 0.0955. The number of carbonyl (C=O) groups excluding carboxylic acids is 1. The Balaban J connectivity index is 3.07. The Kier molecular flexibility index (Phi) is 3.68. The van der Waals surface area contributed by atoms with Crippen molar-refractivity contribution in [1.82, 2.24) is 5.32 Å². The molecule has 3 N–H and O–H groups in total. The van der Waals surface area contributed by atoms with Crippen LogP contribution in [0, 0.1) is 0 Å². The molecule has 0 spiro atoms. The van der Waals surface area contributed by atoms with E-state index >= 15 is 0 Å². The molecule has 0 aromatic heterocycles. The number of anilines is 1. The first-order valence-electron chi connectivity index (χ1n) is 4.75. The summed E-state index contributed by atoms with van der Waals surface area (Å²) in [6, 6.07) is 4.82. The number of likely N-dealkylation sites (N-methyl/N-ethyl adjacent to an activating group) is 1. The highest BCUT2D eigenvalue weighted by Crippen LogP contribution is 2.20. The van der Waals surface area contributed by atoms with Crippen LogP contribution in [0.1, 0.15) is 17.3 Å². The summed E-state index contributed by atoms with van der Waals surface area (Å²) < 4.78 is 5.05. The van der Waals surface area contributed by atoms with Crippen LogP contribution in [-0.4, -0.2) is 26.0 Å². The fraction of sp³-hybridized carbons (Fsp3) is 0.364. The van der Waals surface area contributed by atoms with Crippen molar-refractivity contribution in [2.75, 3.05) is 19.9 Å². The maximum Gasteiger partial charge on any atom is 0.181 e. The third kappa shape index (κ3) is 2.47. The number of rotatable bonds is 4. The summed E-state index contributed by atoms with van der Waals surface area (Å²) in [6.45, 7) is 1.79. The molecule has 0 aliphatic heterocycles. The van der Waals surface area contributed by atoms with Gasteiger partial charge in [0, 0.05) is 11.3 Å². The van der Waals surface area contributed by atoms with Gasteiger partial charge in [-0.15, -0.1) is 0 Å². The predicted octanol–water partition coefficient (Wildman–Crippen LogP) is 1.07. The largest absolute Gasteiger partial charge is 0.497 e. The number of nitrogens with two attached hydrogens (primary N) is 1. The number of carbonyl (C=O) groups is 1. The molecule has 0 fully saturated rings. The molecule has 0 radical (unpaired) electrons. The van der Waals surface area contributed by atoms with Gasteiger partial charge in [0.1, 0.15) is 5.75 Å². The Morgan fingerprint density at radius 2 is 2.20 bits per heavy atom. The zero-order valence-corrected chi connectivity index (χ0v) is 9.20. The van der Waals surface area contributed by atoms with E-state index in [2.05, 4.69) is 5.32 Å². The summed E-state index contributed by atoms with van der Waals surface area (Å²) >= 11 is 0. The van der Waals surface area contributed by atoms with E-state index in [0.717, 1.165) is 0 Å². The first kappa shape index (κ1) is 11.5. The smallest absolute Gasteiger partial charge is 0.181 e. The number of ketones is 1. The molecule has 0 aliphatic rings. The van der Waals surface area contributed by atoms with Gasteiger partial charge in [0.15, 0.2) is 5.78 Å². The van der Waals surface area contributed by atoms with Gasteiger partial charge in [-0.3, -0.25) is 4.79 Å². The van der Waals surface area contributed by atoms with E-state index in [1.807, 2.05) is 0 Å². The molecule has 0 bridgehead atoms. The fourth-order valence-corrected chi connectivity index (χ4v) is 1.24. The molecule has 15 heavy (non-hydrogen) atoms. The Hall–Kier alpha value is -1.55. The number of ether oxygens (including phenoxy) is 1. The van der Waals surface area contributed by atoms with Crippen LogP contribution in [0.15, 0.2) is 18.2 Å². The molecule has 1 unspecified atom stereocenters. The second kappa shape index (κ2) is 4.79. The number of hydrogen-bond acceptors (Lipinski definition) is 4. The summed E-state index contributed by atoms with van der Waals surface area (Å²) in [7, 11) is 3.29. The molecule has 1 aromatic rings. The van der Waals surface area contributed by atoms with Crippen LogP contribution in [0.25, 0.3) is 0 Å². The number of nitrogens with one attached hydrogen (secondary N) is 1. The van der Waals surface area contributed by atoms with E-state index in [4.69, 9.17) is 10.5 Å². The monoisotopic (exact) mass is 208 g/mol. The minimum atomic E-state index is -0.251. The van der Waals surface area contributed by atoms with Crippen LogP contribution in [0.4, 0.5) is 5.69 Å². The molecule has 0 heterocycles. The van der Waals surface area contributed by atoms with Crippen molar-refractivity contribution in [2.45, 2.75) is 13.0 Å². The van der Waals surface area contributed by atoms with E-state index in [1.165, 1.54) is 0 Å². The van der Waals surface area contributed by atoms with Gasteiger partial charge in [0.2, 0.25) is 0 Å². The average Bonchev–Trinajstić information content (AvgIpc) is 2.27. The minimum Gasteiger partial charge on any atom is -0.497 e. The van der Waals surface area contributed by atoms with Crippen molar-refractivity contribution in [3.05, 3.63) is 23.8 Å². The molecule has 1 aromatic carbocycles. The third-order valence-corrected chi connectivity index (χ3v) is 2.35. The summed E-state index contributed by atoms with van der Waals surface area (Å²) in [4.78, 5) is 11.9. The van der Waals surface area contributed by atoms with Crippen molar-refractivity contribution in [3.8, 4) is 5.75 Å². The molecule has 4 nitrogen and oxygen atoms in total. The molecule has 0 saturated carbocycles. The van der Waals surface area contributed by atoms with E-state index < -0.39 is 0 Å². The van der Waals surface area contributed by atoms with Crippen LogP contribution in [0.2, 0.25) is 0 Å². The van der Waals surface area contributed by atoms with E-state index in [0.29, 0.717) is 17.0 Å². The molecule has 0 amide bonds. The van der Waals surface area contributed by atoms with Crippen molar-refractivity contribution < 1.29 is 9.53 Å². The van der Waals surface area contributed by atoms with Gasteiger partial charge in [-0.05, 0) is 32.2 Å². The lowest BCUT2D eigenvalue weighted by Crippen LogP contribution is -2.31. The number of methoxy groups -OCH3 is 1. The molecule has 0 saturated heterocycles. The third-order valence-electron chi connectivity index (χ3n) is 2.35. The highest BCUT2D eigenvalue weighted by atomic mass is 16.5. The average molecular weight is 208 g/mol. The highest BCUT2D eigenvalue weighted by molar-refractivity contribution is 6.04. The summed E-state index contributed by atoms with van der Waals surface area (Å²) in [6.07, 6.45) is 0. The molecular formula is C11H16N2O2. The van der Waals surface area contributed by atoms with Crippen molar-refractivity contribution in [1.29, 1.82) is 0 Å². The molecule has 4 heteroatoms. The van der Waals surface area contributed by atoms with Crippen molar-refractivity contribution >= 4 is 11.5 Å². The van der Waals surface area contributed by atoms with Gasteiger partial charge >= 0.3 is 0 Å². The van der Waals surface area contributed by atoms with Crippen molar-refractivity contribution in [3.63, 3.8) is 0 Å². The van der Waals surface area contributed by atoms with Gasteiger partial charge in [-0.2, -0.15) is 0 Å². The van der Waals surface area contributed by atoms with E-state index in [-0.39, 0.29) is 11.8 Å². The second-order valence-corrected chi connectivity index (χ2v) is 3.33. The van der Waals surface area contributed by atoms with Crippen molar-refractivity contribution in [2.24, 2.45) is 0 Å². The summed E-state index contributed by atoms with van der Waals surface area (Å²) in [5.74, 6) is 0.602. The zero-order chi connectivity index (χ0) is 11.4. The second-order valence-electron chi connectivity index (χ2n) is 3.33. The van der Waals surface area contributed by atoms with Crippen LogP contribution in [0.5, 0.6) is 5.75 Å². The van der Waals surface area contributed by atoms with Crippen LogP contribution in [0.3, 0.4) is 0 Å². The fourth-order valence-electron chi connectivity index (χ4n) is 1.24. The lowest BCUT2D eigenvalue weighted by atomic mass is 10.0. The van der Waals surface area contributed by atoms with Gasteiger partial charge in [-0.25, -0.2) is 0 Å². The van der Waals surface area contributed by atoms with Crippen LogP contribution < -0.4 is 15.8 Å².